The normalized spacial score (nSPS) is 15.7. The number of aromatic nitrogens is 1. The van der Waals surface area contributed by atoms with Crippen LogP contribution < -0.4 is 14.8 Å². The van der Waals surface area contributed by atoms with Gasteiger partial charge in [-0.15, -0.1) is 0 Å². The number of nitrogens with zero attached hydrogens (tertiary/aromatic N) is 2. The summed E-state index contributed by atoms with van der Waals surface area (Å²) in [6.45, 7) is 5.44. The average molecular weight is 421 g/mol. The van der Waals surface area contributed by atoms with Crippen molar-refractivity contribution >= 4 is 11.6 Å². The van der Waals surface area contributed by atoms with Crippen molar-refractivity contribution < 1.29 is 18.8 Å². The minimum atomic E-state index is -0.00654. The number of anilines is 1. The molecule has 31 heavy (non-hydrogen) atoms. The van der Waals surface area contributed by atoms with Crippen LogP contribution in [0, 0.1) is 13.8 Å². The van der Waals surface area contributed by atoms with E-state index >= 15 is 0 Å². The number of rotatable bonds is 7. The summed E-state index contributed by atoms with van der Waals surface area (Å²) in [6, 6.07) is 15.6. The van der Waals surface area contributed by atoms with E-state index in [-0.39, 0.29) is 11.9 Å². The third-order valence-electron chi connectivity index (χ3n) is 5.58. The van der Waals surface area contributed by atoms with Crippen LogP contribution in [0.3, 0.4) is 0 Å². The minimum Gasteiger partial charge on any atom is -0.493 e. The fraction of sp³-hybridized carbons (Fsp3) is 0.333. The summed E-state index contributed by atoms with van der Waals surface area (Å²) in [4.78, 5) is 14.9. The van der Waals surface area contributed by atoms with Gasteiger partial charge in [-0.25, -0.2) is 0 Å². The molecule has 1 N–H and O–H groups in total. The molecule has 0 bridgehead atoms. The minimum absolute atomic E-state index is 0.00654. The lowest BCUT2D eigenvalue weighted by molar-refractivity contribution is 0.0791. The number of para-hydroxylation sites is 1. The highest BCUT2D eigenvalue weighted by Crippen LogP contribution is 2.30. The maximum atomic E-state index is 13.0. The molecule has 7 nitrogen and oxygen atoms in total. The van der Waals surface area contributed by atoms with Gasteiger partial charge in [0.2, 0.25) is 0 Å². The van der Waals surface area contributed by atoms with Crippen molar-refractivity contribution in [2.45, 2.75) is 32.9 Å². The molecule has 0 aliphatic carbocycles. The van der Waals surface area contributed by atoms with Crippen LogP contribution in [-0.2, 0) is 6.61 Å². The Morgan fingerprint density at radius 1 is 1.19 bits per heavy atom. The Hall–Kier alpha value is -3.48. The Morgan fingerprint density at radius 3 is 2.71 bits per heavy atom. The highest BCUT2D eigenvalue weighted by molar-refractivity contribution is 5.95. The van der Waals surface area contributed by atoms with Crippen LogP contribution in [-0.4, -0.2) is 42.2 Å². The molecule has 1 atom stereocenters. The molecule has 1 aromatic heterocycles. The fourth-order valence-electron chi connectivity index (χ4n) is 3.79. The summed E-state index contributed by atoms with van der Waals surface area (Å²) in [5.74, 6) is 1.82. The van der Waals surface area contributed by atoms with E-state index < -0.39 is 0 Å². The van der Waals surface area contributed by atoms with E-state index in [4.69, 9.17) is 14.0 Å². The van der Waals surface area contributed by atoms with Gasteiger partial charge in [-0.05, 0) is 50.6 Å². The van der Waals surface area contributed by atoms with Crippen molar-refractivity contribution in [2.24, 2.45) is 0 Å². The second kappa shape index (κ2) is 9.12. The number of carbonyl (C=O) groups excluding carboxylic acids is 1. The Morgan fingerprint density at radius 2 is 2.00 bits per heavy atom. The maximum absolute atomic E-state index is 13.0. The lowest BCUT2D eigenvalue weighted by Gasteiger charge is -2.19. The number of nitrogens with one attached hydrogen (secondary N) is 1. The molecule has 2 aromatic carbocycles. The smallest absolute Gasteiger partial charge is 0.254 e. The molecule has 2 heterocycles. The molecule has 1 aliphatic rings. The molecule has 3 aromatic rings. The van der Waals surface area contributed by atoms with Gasteiger partial charge in [-0.2, -0.15) is 0 Å². The van der Waals surface area contributed by atoms with Crippen LogP contribution >= 0.6 is 0 Å². The summed E-state index contributed by atoms with van der Waals surface area (Å²) in [7, 11) is 1.57. The van der Waals surface area contributed by atoms with Gasteiger partial charge < -0.3 is 24.2 Å². The monoisotopic (exact) mass is 421 g/mol. The van der Waals surface area contributed by atoms with Crippen LogP contribution in [0.15, 0.2) is 53.1 Å². The summed E-state index contributed by atoms with van der Waals surface area (Å²) in [5.41, 5.74) is 3.37. The number of methoxy groups -OCH3 is 1. The fourth-order valence-corrected chi connectivity index (χ4v) is 3.79. The molecule has 1 amide bonds. The zero-order chi connectivity index (χ0) is 21.8. The van der Waals surface area contributed by atoms with Gasteiger partial charge in [0.15, 0.2) is 11.5 Å². The largest absolute Gasteiger partial charge is 0.493 e. The summed E-state index contributed by atoms with van der Waals surface area (Å²) in [5, 5.41) is 7.44. The molecule has 0 spiro atoms. The number of hydrogen-bond acceptors (Lipinski definition) is 6. The van der Waals surface area contributed by atoms with E-state index in [1.807, 2.05) is 49.1 Å². The molecule has 1 unspecified atom stereocenters. The number of amides is 1. The molecule has 1 aliphatic heterocycles. The molecule has 1 fully saturated rings. The van der Waals surface area contributed by atoms with Crippen molar-refractivity contribution in [3.63, 3.8) is 0 Å². The van der Waals surface area contributed by atoms with Crippen molar-refractivity contribution in [3.05, 3.63) is 71.1 Å². The highest BCUT2D eigenvalue weighted by atomic mass is 16.5. The van der Waals surface area contributed by atoms with Gasteiger partial charge in [-0.3, -0.25) is 4.79 Å². The summed E-state index contributed by atoms with van der Waals surface area (Å²) in [6.07, 6.45) is 0.913. The molecule has 0 saturated carbocycles. The van der Waals surface area contributed by atoms with Gasteiger partial charge in [-0.1, -0.05) is 23.4 Å². The summed E-state index contributed by atoms with van der Waals surface area (Å²) < 4.78 is 16.6. The van der Waals surface area contributed by atoms with Crippen LogP contribution in [0.4, 0.5) is 5.69 Å². The van der Waals surface area contributed by atoms with Gasteiger partial charge >= 0.3 is 0 Å². The van der Waals surface area contributed by atoms with E-state index in [9.17, 15) is 4.79 Å². The first-order valence-corrected chi connectivity index (χ1v) is 10.4. The van der Waals surface area contributed by atoms with Gasteiger partial charge in [0, 0.05) is 30.4 Å². The Bertz CT molecular complexity index is 1030. The van der Waals surface area contributed by atoms with E-state index in [0.29, 0.717) is 30.2 Å². The number of benzene rings is 2. The predicted molar refractivity (Wildman–Crippen MR) is 118 cm³/mol. The van der Waals surface area contributed by atoms with E-state index in [1.54, 1.807) is 25.3 Å². The number of carbonyl (C=O) groups is 1. The topological polar surface area (TPSA) is 76.8 Å². The third-order valence-corrected chi connectivity index (χ3v) is 5.58. The van der Waals surface area contributed by atoms with Gasteiger partial charge in [0.1, 0.15) is 12.4 Å². The van der Waals surface area contributed by atoms with Crippen LogP contribution in [0.1, 0.15) is 33.8 Å². The van der Waals surface area contributed by atoms with E-state index in [0.717, 1.165) is 35.7 Å². The SMILES string of the molecule is COc1cc(C(=O)N2CCC(Nc3ccccc3)C2)ccc1OCc1c(C)noc1C. The van der Waals surface area contributed by atoms with Crippen molar-refractivity contribution in [3.8, 4) is 11.5 Å². The molecule has 4 rings (SSSR count). The van der Waals surface area contributed by atoms with Gasteiger partial charge in [0.25, 0.3) is 5.91 Å². The van der Waals surface area contributed by atoms with Gasteiger partial charge in [0.05, 0.1) is 18.4 Å². The van der Waals surface area contributed by atoms with Crippen molar-refractivity contribution in [1.82, 2.24) is 10.1 Å². The first-order valence-electron chi connectivity index (χ1n) is 10.4. The first-order chi connectivity index (χ1) is 15.0. The van der Waals surface area contributed by atoms with Crippen LogP contribution in [0.25, 0.3) is 0 Å². The van der Waals surface area contributed by atoms with Crippen molar-refractivity contribution in [1.29, 1.82) is 0 Å². The Labute approximate surface area is 181 Å². The van der Waals surface area contributed by atoms with Crippen LogP contribution in [0.5, 0.6) is 11.5 Å². The first kappa shape index (κ1) is 20.8. The van der Waals surface area contributed by atoms with E-state index in [2.05, 4.69) is 10.5 Å². The zero-order valence-corrected chi connectivity index (χ0v) is 18.1. The molecule has 162 valence electrons. The third kappa shape index (κ3) is 4.66. The number of likely N-dealkylation sites (tertiary alicyclic amines) is 1. The second-order valence-electron chi connectivity index (χ2n) is 7.70. The highest BCUT2D eigenvalue weighted by Gasteiger charge is 2.27. The maximum Gasteiger partial charge on any atom is 0.254 e. The predicted octanol–water partition coefficient (Wildman–Crippen LogP) is 4.21. The van der Waals surface area contributed by atoms with Crippen LogP contribution in [0.2, 0.25) is 0 Å². The number of ether oxygens (including phenoxy) is 2. The average Bonchev–Trinajstić information content (AvgIpc) is 3.38. The Balaban J connectivity index is 1.40. The molecule has 1 saturated heterocycles. The second-order valence-corrected chi connectivity index (χ2v) is 7.70. The standard InChI is InChI=1S/C24H27N3O4/c1-16-21(17(2)31-26-16)15-30-22-10-9-18(13-23(22)29-3)24(28)27-12-11-20(14-27)25-19-7-5-4-6-8-19/h4-10,13,20,25H,11-12,14-15H2,1-3H3. The van der Waals surface area contributed by atoms with Crippen molar-refractivity contribution in [2.75, 3.05) is 25.5 Å². The number of aryl methyl sites for hydroxylation is 2. The number of hydrogen-bond donors (Lipinski definition) is 1. The van der Waals surface area contributed by atoms with E-state index in [1.165, 1.54) is 0 Å². The quantitative estimate of drug-likeness (QED) is 0.616. The lowest BCUT2D eigenvalue weighted by atomic mass is 10.1. The Kier molecular flexibility index (Phi) is 6.11. The molecule has 7 heteroatoms. The molecular formula is C24H27N3O4. The molecule has 0 radical (unpaired) electrons. The lowest BCUT2D eigenvalue weighted by Crippen LogP contribution is -2.31. The molecular weight excluding hydrogens is 394 g/mol. The summed E-state index contributed by atoms with van der Waals surface area (Å²) >= 11 is 0. The zero-order valence-electron chi connectivity index (χ0n) is 18.1.